The zero-order chi connectivity index (χ0) is 8.23. The molecule has 0 spiro atoms. The van der Waals surface area contributed by atoms with E-state index in [0.29, 0.717) is 0 Å². The van der Waals surface area contributed by atoms with Crippen molar-refractivity contribution in [2.45, 2.75) is 0 Å². The summed E-state index contributed by atoms with van der Waals surface area (Å²) in [5, 5.41) is 0. The van der Waals surface area contributed by atoms with Crippen molar-refractivity contribution in [1.82, 2.24) is 0 Å². The van der Waals surface area contributed by atoms with Crippen molar-refractivity contribution in [3.63, 3.8) is 0 Å². The van der Waals surface area contributed by atoms with Crippen LogP contribution in [0.2, 0.25) is 0 Å². The Morgan fingerprint density at radius 2 is 1.62 bits per heavy atom. The molecule has 3 radical (unpaired) electrons. The van der Waals surface area contributed by atoms with Gasteiger partial charge in [0.15, 0.2) is 0 Å². The van der Waals surface area contributed by atoms with E-state index in [0.717, 1.165) is 26.3 Å². The molecule has 0 amide bonds. The van der Waals surface area contributed by atoms with Crippen molar-refractivity contribution in [1.29, 1.82) is 0 Å². The molecule has 0 N–H and O–H groups in total. The van der Waals surface area contributed by atoms with Gasteiger partial charge in [-0.25, -0.2) is 0 Å². The fourth-order valence-electron chi connectivity index (χ4n) is 1.46. The maximum Gasteiger partial charge on any atom is 0.0642 e. The summed E-state index contributed by atoms with van der Waals surface area (Å²) >= 11 is 0. The van der Waals surface area contributed by atoms with Crippen LogP contribution in [0.5, 0.6) is 0 Å². The highest BCUT2D eigenvalue weighted by Crippen LogP contribution is 2.13. The second-order valence-electron chi connectivity index (χ2n) is 2.93. The number of morpholine rings is 1. The van der Waals surface area contributed by atoms with E-state index in [1.54, 1.807) is 0 Å². The van der Waals surface area contributed by atoms with Crippen LogP contribution in [0, 0.1) is 0 Å². The minimum Gasteiger partial charge on any atom is -0.378 e. The Morgan fingerprint density at radius 3 is 2.23 bits per heavy atom. The summed E-state index contributed by atoms with van der Waals surface area (Å²) in [5.74, 6) is 0. The highest BCUT2D eigenvalue weighted by molar-refractivity contribution is 5.75. The Hall–Kier alpha value is -0.955. The van der Waals surface area contributed by atoms with E-state index in [9.17, 15) is 0 Å². The number of rotatable bonds is 1. The predicted molar refractivity (Wildman–Crippen MR) is 55.2 cm³/mol. The van der Waals surface area contributed by atoms with E-state index in [1.807, 2.05) is 6.07 Å². The molecule has 0 unspecified atom stereocenters. The lowest BCUT2D eigenvalue weighted by molar-refractivity contribution is 0.122. The number of anilines is 1. The normalized spacial score (nSPS) is 16.5. The maximum atomic E-state index is 5.28. The van der Waals surface area contributed by atoms with E-state index in [-0.39, 0.29) is 8.41 Å². The minimum absolute atomic E-state index is 0. The van der Waals surface area contributed by atoms with Gasteiger partial charge in [0, 0.05) is 27.2 Å². The molecule has 2 nitrogen and oxygen atoms in total. The van der Waals surface area contributed by atoms with Gasteiger partial charge >= 0.3 is 0 Å². The largest absolute Gasteiger partial charge is 0.378 e. The molecule has 13 heavy (non-hydrogen) atoms. The Kier molecular flexibility index (Phi) is 3.84. The van der Waals surface area contributed by atoms with Crippen molar-refractivity contribution < 1.29 is 4.74 Å². The third kappa shape index (κ3) is 2.49. The molecule has 1 fully saturated rings. The van der Waals surface area contributed by atoms with E-state index in [4.69, 9.17) is 4.74 Å². The topological polar surface area (TPSA) is 12.5 Å². The van der Waals surface area contributed by atoms with E-state index >= 15 is 0 Å². The summed E-state index contributed by atoms with van der Waals surface area (Å²) < 4.78 is 5.28. The molecule has 0 bridgehead atoms. The van der Waals surface area contributed by atoms with Crippen molar-refractivity contribution >= 4 is 14.1 Å². The molecule has 1 aliphatic heterocycles. The zero-order valence-corrected chi connectivity index (χ0v) is 7.65. The molecule has 3 heteroatoms. The summed E-state index contributed by atoms with van der Waals surface area (Å²) in [4.78, 5) is 2.35. The fourth-order valence-corrected chi connectivity index (χ4v) is 1.46. The Balaban J connectivity index is 0.000000845. The highest BCUT2D eigenvalue weighted by Gasteiger charge is 2.09. The van der Waals surface area contributed by atoms with Crippen LogP contribution < -0.4 is 4.90 Å². The van der Waals surface area contributed by atoms with Gasteiger partial charge in [-0.05, 0) is 12.1 Å². The number of benzene rings is 1. The fraction of sp³-hybridized carbons (Fsp3) is 0.400. The quantitative estimate of drug-likeness (QED) is 0.592. The maximum absolute atomic E-state index is 5.28. The molecule has 0 atom stereocenters. The van der Waals surface area contributed by atoms with Gasteiger partial charge in [0.05, 0.1) is 13.2 Å². The third-order valence-corrected chi connectivity index (χ3v) is 2.13. The van der Waals surface area contributed by atoms with Crippen LogP contribution in [0.3, 0.4) is 0 Å². The van der Waals surface area contributed by atoms with E-state index < -0.39 is 0 Å². The van der Waals surface area contributed by atoms with Gasteiger partial charge in [-0.3, -0.25) is 0 Å². The predicted octanol–water partition coefficient (Wildman–Crippen LogP) is 1.14. The van der Waals surface area contributed by atoms with Crippen LogP contribution in [0.4, 0.5) is 5.69 Å². The summed E-state index contributed by atoms with van der Waals surface area (Å²) in [6.45, 7) is 3.75. The lowest BCUT2D eigenvalue weighted by atomic mass is 10.3. The zero-order valence-electron chi connectivity index (χ0n) is 7.65. The summed E-state index contributed by atoms with van der Waals surface area (Å²) in [7, 11) is 0. The molecule has 0 aliphatic carbocycles. The average Bonchev–Trinajstić information content (AvgIpc) is 2.21. The Morgan fingerprint density at radius 1 is 1.00 bits per heavy atom. The first-order chi connectivity index (χ1) is 5.97. The first-order valence-corrected chi connectivity index (χ1v) is 4.34. The Bertz CT molecular complexity index is 234. The number of para-hydroxylation sites is 1. The molecule has 1 saturated heterocycles. The average molecular weight is 174 g/mol. The van der Waals surface area contributed by atoms with Gasteiger partial charge < -0.3 is 9.64 Å². The molecule has 1 heterocycles. The van der Waals surface area contributed by atoms with Crippen LogP contribution in [0.25, 0.3) is 0 Å². The molecular formula is C10H13BNO. The summed E-state index contributed by atoms with van der Waals surface area (Å²) in [6.07, 6.45) is 0. The molecule has 1 aromatic rings. The molecule has 0 aromatic heterocycles. The lowest BCUT2D eigenvalue weighted by Crippen LogP contribution is -2.36. The molecule has 67 valence electrons. The van der Waals surface area contributed by atoms with Crippen LogP contribution in [0.15, 0.2) is 30.3 Å². The number of nitrogens with zero attached hydrogens (tertiary/aromatic N) is 1. The smallest absolute Gasteiger partial charge is 0.0642 e. The van der Waals surface area contributed by atoms with Crippen LogP contribution in [-0.4, -0.2) is 34.7 Å². The summed E-state index contributed by atoms with van der Waals surface area (Å²) in [6, 6.07) is 10.5. The number of hydrogen-bond acceptors (Lipinski definition) is 2. The molecule has 0 saturated carbocycles. The monoisotopic (exact) mass is 174 g/mol. The van der Waals surface area contributed by atoms with Crippen molar-refractivity contribution in [3.05, 3.63) is 30.3 Å². The number of ether oxygens (including phenoxy) is 1. The van der Waals surface area contributed by atoms with Gasteiger partial charge in [0.1, 0.15) is 0 Å². The van der Waals surface area contributed by atoms with Gasteiger partial charge in [-0.15, -0.1) is 0 Å². The summed E-state index contributed by atoms with van der Waals surface area (Å²) in [5.41, 5.74) is 1.31. The first-order valence-electron chi connectivity index (χ1n) is 4.34. The molecule has 1 aliphatic rings. The van der Waals surface area contributed by atoms with Crippen LogP contribution in [-0.2, 0) is 4.74 Å². The minimum atomic E-state index is 0. The van der Waals surface area contributed by atoms with Gasteiger partial charge in [-0.1, -0.05) is 18.2 Å². The molecular weight excluding hydrogens is 161 g/mol. The first kappa shape index (κ1) is 10.1. The SMILES string of the molecule is [B].c1ccc(N2CCOCC2)cc1. The lowest BCUT2D eigenvalue weighted by Gasteiger charge is -2.28. The van der Waals surface area contributed by atoms with Crippen molar-refractivity contribution in [2.75, 3.05) is 31.2 Å². The molecule has 1 aromatic carbocycles. The highest BCUT2D eigenvalue weighted by atomic mass is 16.5. The van der Waals surface area contributed by atoms with Crippen LogP contribution >= 0.6 is 0 Å². The third-order valence-electron chi connectivity index (χ3n) is 2.13. The van der Waals surface area contributed by atoms with Gasteiger partial charge in [0.25, 0.3) is 0 Å². The van der Waals surface area contributed by atoms with Crippen LogP contribution in [0.1, 0.15) is 0 Å². The van der Waals surface area contributed by atoms with E-state index in [1.165, 1.54) is 5.69 Å². The van der Waals surface area contributed by atoms with Gasteiger partial charge in [-0.2, -0.15) is 0 Å². The van der Waals surface area contributed by atoms with Crippen molar-refractivity contribution in [3.8, 4) is 0 Å². The standard InChI is InChI=1S/C10H13NO.B/c1-2-4-10(5-3-1)11-6-8-12-9-7-11;/h1-5H,6-9H2;. The second kappa shape index (κ2) is 4.92. The second-order valence-corrected chi connectivity index (χ2v) is 2.93. The molecule has 2 rings (SSSR count). The number of hydrogen-bond donors (Lipinski definition) is 0. The van der Waals surface area contributed by atoms with E-state index in [2.05, 4.69) is 29.2 Å². The van der Waals surface area contributed by atoms with Crippen molar-refractivity contribution in [2.24, 2.45) is 0 Å². The van der Waals surface area contributed by atoms with Gasteiger partial charge in [0.2, 0.25) is 0 Å². The Labute approximate surface area is 81.1 Å².